The van der Waals surface area contributed by atoms with Gasteiger partial charge >= 0.3 is 25.7 Å². The molecule has 76 heavy (non-hydrogen) atoms. The number of esters is 3. The predicted molar refractivity (Wildman–Crippen MR) is 316 cm³/mol. The van der Waals surface area contributed by atoms with Gasteiger partial charge in [0.15, 0.2) is 6.10 Å². The van der Waals surface area contributed by atoms with E-state index in [1.807, 2.05) is 0 Å². The maximum Gasteiger partial charge on any atom is 0.472 e. The van der Waals surface area contributed by atoms with Crippen LogP contribution in [0.1, 0.15) is 278 Å². The Kier molecular flexibility index (Phi) is 55.7. The van der Waals surface area contributed by atoms with E-state index < -0.39 is 57.8 Å². The van der Waals surface area contributed by atoms with Gasteiger partial charge in [0, 0.05) is 19.3 Å². The van der Waals surface area contributed by atoms with Gasteiger partial charge < -0.3 is 24.2 Å². The normalized spacial score (nSPS) is 13.8. The third-order valence-electron chi connectivity index (χ3n) is 13.1. The quantitative estimate of drug-likeness (QED) is 0.0197. The van der Waals surface area contributed by atoms with Gasteiger partial charge in [-0.15, -0.1) is 0 Å². The van der Waals surface area contributed by atoms with Crippen molar-refractivity contribution < 1.29 is 52.2 Å². The fraction of sp³-hybridized carbons (Fsp3) is 0.766. The minimum Gasteiger partial charge on any atom is -0.462 e. The lowest BCUT2D eigenvalue weighted by Crippen LogP contribution is -2.30. The maximum absolute atomic E-state index is 12.9. The molecule has 0 aliphatic carbocycles. The van der Waals surface area contributed by atoms with Crippen LogP contribution in [-0.2, 0) is 42.2 Å². The Morgan fingerprint density at radius 2 is 0.684 bits per heavy atom. The van der Waals surface area contributed by atoms with Crippen LogP contribution in [0.2, 0.25) is 0 Å². The lowest BCUT2D eigenvalue weighted by atomic mass is 10.0. The first-order chi connectivity index (χ1) is 37.2. The molecule has 0 radical (unpaired) electrons. The Morgan fingerprint density at radius 1 is 0.382 bits per heavy atom. The van der Waals surface area contributed by atoms with Gasteiger partial charge in [-0.1, -0.05) is 241 Å². The molecule has 0 fully saturated rings. The summed E-state index contributed by atoms with van der Waals surface area (Å²) in [6, 6.07) is 0. The van der Waals surface area contributed by atoms with E-state index in [4.69, 9.17) is 23.3 Å². The fourth-order valence-electron chi connectivity index (χ4n) is 8.44. The highest BCUT2D eigenvalue weighted by Gasteiger charge is 2.28. The molecular formula is C64H113O11P. The summed E-state index contributed by atoms with van der Waals surface area (Å²) in [5, 5.41) is 9.82. The van der Waals surface area contributed by atoms with E-state index in [1.165, 1.54) is 109 Å². The molecular weight excluding hydrogens is 976 g/mol. The lowest BCUT2D eigenvalue weighted by Gasteiger charge is -2.21. The number of aliphatic hydroxyl groups is 1. The van der Waals surface area contributed by atoms with E-state index >= 15 is 0 Å². The Bertz CT molecular complexity index is 1550. The molecule has 0 rings (SSSR count). The number of carbonyl (C=O) groups is 3. The Balaban J connectivity index is 4.77. The molecule has 0 saturated heterocycles. The van der Waals surface area contributed by atoms with Gasteiger partial charge in [-0.05, 0) is 89.9 Å². The highest BCUT2D eigenvalue weighted by molar-refractivity contribution is 7.47. The van der Waals surface area contributed by atoms with Crippen molar-refractivity contribution in [3.8, 4) is 0 Å². The van der Waals surface area contributed by atoms with Crippen LogP contribution in [0.3, 0.4) is 0 Å². The highest BCUT2D eigenvalue weighted by atomic mass is 31.2. The van der Waals surface area contributed by atoms with E-state index in [1.54, 1.807) is 0 Å². The zero-order valence-corrected chi connectivity index (χ0v) is 49.6. The molecule has 0 saturated carbocycles. The number of unbranched alkanes of at least 4 members (excludes halogenated alkanes) is 28. The average Bonchev–Trinajstić information content (AvgIpc) is 3.41. The van der Waals surface area contributed by atoms with Gasteiger partial charge in [-0.2, -0.15) is 0 Å². The van der Waals surface area contributed by atoms with Crippen LogP contribution in [0.5, 0.6) is 0 Å². The van der Waals surface area contributed by atoms with E-state index in [0.717, 1.165) is 109 Å². The smallest absolute Gasteiger partial charge is 0.462 e. The summed E-state index contributed by atoms with van der Waals surface area (Å²) in [5.41, 5.74) is 0. The van der Waals surface area contributed by atoms with Crippen molar-refractivity contribution in [2.75, 3.05) is 26.4 Å². The molecule has 0 aromatic rings. The number of allylic oxidation sites excluding steroid dienone is 12. The first-order valence-electron chi connectivity index (χ1n) is 30.8. The molecule has 12 heteroatoms. The number of hydrogen-bond acceptors (Lipinski definition) is 10. The third-order valence-corrected chi connectivity index (χ3v) is 14.1. The zero-order valence-electron chi connectivity index (χ0n) is 48.7. The van der Waals surface area contributed by atoms with Gasteiger partial charge in [0.1, 0.15) is 12.7 Å². The van der Waals surface area contributed by atoms with E-state index in [0.29, 0.717) is 19.3 Å². The number of phosphoric ester groups is 1. The summed E-state index contributed by atoms with van der Waals surface area (Å²) in [4.78, 5) is 48.6. The standard InChI is InChI=1S/C64H113O11P/c1-4-7-10-13-16-19-22-25-27-29-30-32-34-37-40-43-46-49-52-55-64(68)75-61(57-71-62(66)53-50-47-44-41-38-36-33-31-28-26-23-20-17-14-11-8-5-2)59-73-76(69,70)72-58-60(56-65)74-63(67)54-51-48-45-42-39-35-24-21-18-15-12-9-6-3/h7,10,16,19,21,24-25,27,30,32,37,40,60-61,65H,4-6,8-9,11-15,17-18,20,22-23,26,28-29,31,33-36,38-39,41-59H2,1-3H3,(H,69,70)/b10-7-,19-16-,24-21-,27-25-,32-30-,40-37-. The Morgan fingerprint density at radius 3 is 1.09 bits per heavy atom. The number of phosphoric acid groups is 1. The van der Waals surface area contributed by atoms with Crippen molar-refractivity contribution in [2.24, 2.45) is 0 Å². The minimum atomic E-state index is -4.76. The van der Waals surface area contributed by atoms with Gasteiger partial charge in [-0.25, -0.2) is 4.57 Å². The third kappa shape index (κ3) is 55.7. The summed E-state index contributed by atoms with van der Waals surface area (Å²) in [7, 11) is -4.76. The van der Waals surface area contributed by atoms with Gasteiger partial charge in [0.25, 0.3) is 0 Å². The van der Waals surface area contributed by atoms with E-state index in [2.05, 4.69) is 93.7 Å². The van der Waals surface area contributed by atoms with Crippen LogP contribution in [0.4, 0.5) is 0 Å². The highest BCUT2D eigenvalue weighted by Crippen LogP contribution is 2.43. The predicted octanol–water partition coefficient (Wildman–Crippen LogP) is 18.5. The number of aliphatic hydroxyl groups excluding tert-OH is 1. The number of hydrogen-bond donors (Lipinski definition) is 2. The van der Waals surface area contributed by atoms with Crippen molar-refractivity contribution in [2.45, 2.75) is 290 Å². The fourth-order valence-corrected chi connectivity index (χ4v) is 9.22. The van der Waals surface area contributed by atoms with Crippen LogP contribution < -0.4 is 0 Å². The number of ether oxygens (including phenoxy) is 3. The molecule has 0 spiro atoms. The maximum atomic E-state index is 12.9. The second-order valence-electron chi connectivity index (χ2n) is 20.5. The second-order valence-corrected chi connectivity index (χ2v) is 21.9. The monoisotopic (exact) mass is 1090 g/mol. The van der Waals surface area contributed by atoms with Crippen molar-refractivity contribution in [3.63, 3.8) is 0 Å². The summed E-state index contributed by atoms with van der Waals surface area (Å²) in [6.45, 7) is 4.50. The number of carbonyl (C=O) groups excluding carboxylic acids is 3. The van der Waals surface area contributed by atoms with Crippen molar-refractivity contribution >= 4 is 25.7 Å². The van der Waals surface area contributed by atoms with Crippen molar-refractivity contribution in [1.82, 2.24) is 0 Å². The lowest BCUT2D eigenvalue weighted by molar-refractivity contribution is -0.161. The second kappa shape index (κ2) is 58.1. The molecule has 440 valence electrons. The van der Waals surface area contributed by atoms with E-state index in [9.17, 15) is 28.9 Å². The van der Waals surface area contributed by atoms with Gasteiger partial charge in [-0.3, -0.25) is 23.4 Å². The topological polar surface area (TPSA) is 155 Å². The summed E-state index contributed by atoms with van der Waals surface area (Å²) < 4.78 is 39.6. The van der Waals surface area contributed by atoms with Gasteiger partial charge in [0.2, 0.25) is 0 Å². The Hall–Kier alpha value is -3.08. The molecule has 0 amide bonds. The van der Waals surface area contributed by atoms with Gasteiger partial charge in [0.05, 0.1) is 19.8 Å². The zero-order chi connectivity index (χ0) is 55.5. The molecule has 0 aliphatic heterocycles. The van der Waals surface area contributed by atoms with Crippen molar-refractivity contribution in [3.05, 3.63) is 72.9 Å². The molecule has 0 aromatic heterocycles. The molecule has 0 bridgehead atoms. The molecule has 0 heterocycles. The molecule has 0 aromatic carbocycles. The molecule has 2 N–H and O–H groups in total. The summed E-state index contributed by atoms with van der Waals surface area (Å²) in [5.74, 6) is -1.50. The Labute approximate surface area is 465 Å². The first-order valence-corrected chi connectivity index (χ1v) is 32.3. The summed E-state index contributed by atoms with van der Waals surface area (Å²) >= 11 is 0. The number of rotatable bonds is 57. The average molecular weight is 1090 g/mol. The van der Waals surface area contributed by atoms with Crippen LogP contribution in [-0.4, -0.2) is 66.5 Å². The SMILES string of the molecule is CC/C=C\C/C=C\C/C=C\C/C=C\C/C=C\CCCCCC(=O)OC(COC(=O)CCCCCCCCCCCCCCCCCCC)COP(=O)(O)OCC(CO)OC(=O)CCCCCCC/C=C\CCCCCC. The van der Waals surface area contributed by atoms with Crippen LogP contribution in [0.15, 0.2) is 72.9 Å². The molecule has 0 aliphatic rings. The molecule has 11 nitrogen and oxygen atoms in total. The van der Waals surface area contributed by atoms with Crippen LogP contribution >= 0.6 is 7.82 Å². The summed E-state index contributed by atoms with van der Waals surface area (Å²) in [6.07, 6.45) is 65.7. The molecule has 3 atom stereocenters. The van der Waals surface area contributed by atoms with Crippen molar-refractivity contribution in [1.29, 1.82) is 0 Å². The molecule has 3 unspecified atom stereocenters. The first kappa shape index (κ1) is 72.9. The largest absolute Gasteiger partial charge is 0.472 e. The minimum absolute atomic E-state index is 0.128. The van der Waals surface area contributed by atoms with Crippen LogP contribution in [0.25, 0.3) is 0 Å². The van der Waals surface area contributed by atoms with Crippen LogP contribution in [0, 0.1) is 0 Å². The van der Waals surface area contributed by atoms with E-state index in [-0.39, 0.29) is 25.9 Å².